The van der Waals surface area contributed by atoms with Gasteiger partial charge in [-0.1, -0.05) is 35.3 Å². The van der Waals surface area contributed by atoms with E-state index >= 15 is 0 Å². The minimum absolute atomic E-state index is 0.180. The molecule has 0 saturated heterocycles. The maximum absolute atomic E-state index is 12.3. The fourth-order valence-corrected chi connectivity index (χ4v) is 2.27. The van der Waals surface area contributed by atoms with Crippen molar-refractivity contribution >= 4 is 40.6 Å². The highest BCUT2D eigenvalue weighted by molar-refractivity contribution is 6.30. The molecule has 122 valence electrons. The zero-order chi connectivity index (χ0) is 16.9. The molecule has 0 fully saturated rings. The van der Waals surface area contributed by atoms with Crippen LogP contribution in [0.15, 0.2) is 48.5 Å². The van der Waals surface area contributed by atoms with E-state index in [1.54, 1.807) is 36.4 Å². The molecule has 0 aliphatic rings. The third-order valence-corrected chi connectivity index (χ3v) is 3.74. The van der Waals surface area contributed by atoms with Crippen LogP contribution in [0.1, 0.15) is 16.1 Å². The van der Waals surface area contributed by atoms with Gasteiger partial charge in [0.05, 0.1) is 0 Å². The van der Waals surface area contributed by atoms with Gasteiger partial charge in [0.15, 0.2) is 11.5 Å². The van der Waals surface area contributed by atoms with Crippen molar-refractivity contribution in [3.8, 4) is 0 Å². The highest BCUT2D eigenvalue weighted by Crippen LogP contribution is 2.19. The average Bonchev–Trinajstić information content (AvgIpc) is 3.04. The fourth-order valence-electron chi connectivity index (χ4n) is 2.01. The second kappa shape index (κ2) is 7.33. The number of anilines is 2. The molecule has 24 heavy (non-hydrogen) atoms. The molecule has 0 aliphatic carbocycles. The number of amides is 1. The molecule has 6 nitrogen and oxygen atoms in total. The zero-order valence-corrected chi connectivity index (χ0v) is 13.9. The van der Waals surface area contributed by atoms with Crippen LogP contribution in [0, 0.1) is 0 Å². The van der Waals surface area contributed by atoms with Crippen molar-refractivity contribution in [2.75, 3.05) is 5.32 Å². The predicted octanol–water partition coefficient (Wildman–Crippen LogP) is 3.79. The number of nitrogens with one attached hydrogen (secondary N) is 3. The molecule has 1 amide bonds. The molecule has 0 atom stereocenters. The summed E-state index contributed by atoms with van der Waals surface area (Å²) in [5.41, 5.74) is 1.86. The Morgan fingerprint density at radius 2 is 1.58 bits per heavy atom. The van der Waals surface area contributed by atoms with Gasteiger partial charge in [0, 0.05) is 22.3 Å². The Bertz CT molecular complexity index is 830. The molecule has 1 heterocycles. The number of carbonyl (C=O) groups excluding carboxylic acids is 1. The molecule has 0 aliphatic heterocycles. The van der Waals surface area contributed by atoms with E-state index in [-0.39, 0.29) is 11.6 Å². The number of aromatic nitrogens is 3. The average molecular weight is 362 g/mol. The predicted molar refractivity (Wildman–Crippen MR) is 93.7 cm³/mol. The summed E-state index contributed by atoms with van der Waals surface area (Å²) >= 11 is 11.7. The molecule has 3 N–H and O–H groups in total. The van der Waals surface area contributed by atoms with Gasteiger partial charge in [-0.05, 0) is 42.0 Å². The Morgan fingerprint density at radius 3 is 2.25 bits per heavy atom. The molecule has 2 aromatic carbocycles. The fraction of sp³-hybridized carbons (Fsp3) is 0.0625. The van der Waals surface area contributed by atoms with Crippen molar-refractivity contribution in [1.82, 2.24) is 20.7 Å². The number of nitrogens with zero attached hydrogens (tertiary/aromatic N) is 2. The first kappa shape index (κ1) is 16.3. The minimum atomic E-state index is -0.338. The molecule has 0 radical (unpaired) electrons. The number of rotatable bonds is 5. The number of benzene rings is 2. The van der Waals surface area contributed by atoms with E-state index in [1.165, 1.54) is 0 Å². The summed E-state index contributed by atoms with van der Waals surface area (Å²) in [4.78, 5) is 12.3. The van der Waals surface area contributed by atoms with E-state index in [1.807, 2.05) is 12.1 Å². The van der Waals surface area contributed by atoms with E-state index < -0.39 is 0 Å². The number of halogens is 2. The van der Waals surface area contributed by atoms with Crippen LogP contribution >= 0.6 is 23.2 Å². The largest absolute Gasteiger partial charge is 0.346 e. The first-order valence-electron chi connectivity index (χ1n) is 7.08. The van der Waals surface area contributed by atoms with E-state index in [9.17, 15) is 4.79 Å². The maximum atomic E-state index is 12.3. The van der Waals surface area contributed by atoms with Crippen molar-refractivity contribution in [3.05, 3.63) is 69.8 Å². The molecule has 8 heteroatoms. The van der Waals surface area contributed by atoms with Gasteiger partial charge in [-0.25, -0.2) is 0 Å². The third kappa shape index (κ3) is 4.04. The number of carbonyl (C=O) groups is 1. The Labute approximate surface area is 148 Å². The van der Waals surface area contributed by atoms with E-state index in [2.05, 4.69) is 26.0 Å². The summed E-state index contributed by atoms with van der Waals surface area (Å²) in [7, 11) is 0. The summed E-state index contributed by atoms with van der Waals surface area (Å²) in [6.45, 7) is 0.364. The van der Waals surface area contributed by atoms with Gasteiger partial charge in [0.1, 0.15) is 0 Å². The van der Waals surface area contributed by atoms with Gasteiger partial charge in [0.25, 0.3) is 5.91 Å². The minimum Gasteiger partial charge on any atom is -0.346 e. The van der Waals surface area contributed by atoms with Crippen LogP contribution in [0.2, 0.25) is 10.0 Å². The number of H-pyrrole nitrogens is 1. The van der Waals surface area contributed by atoms with Crippen LogP contribution in [0.3, 0.4) is 0 Å². The molecule has 0 unspecified atom stereocenters. The van der Waals surface area contributed by atoms with Gasteiger partial charge >= 0.3 is 0 Å². The molecular weight excluding hydrogens is 349 g/mol. The van der Waals surface area contributed by atoms with Crippen molar-refractivity contribution in [3.63, 3.8) is 0 Å². The van der Waals surface area contributed by atoms with Crippen LogP contribution in [0.5, 0.6) is 0 Å². The molecular formula is C16H13Cl2N5O. The number of hydrogen-bond acceptors (Lipinski definition) is 4. The normalized spacial score (nSPS) is 10.4. The Hall–Kier alpha value is -2.57. The third-order valence-electron chi connectivity index (χ3n) is 3.24. The van der Waals surface area contributed by atoms with Crippen LogP contribution in [0.25, 0.3) is 0 Å². The molecule has 0 saturated carbocycles. The van der Waals surface area contributed by atoms with Gasteiger partial charge < -0.3 is 10.6 Å². The zero-order valence-electron chi connectivity index (χ0n) is 12.4. The van der Waals surface area contributed by atoms with Crippen molar-refractivity contribution in [2.45, 2.75) is 6.54 Å². The van der Waals surface area contributed by atoms with Crippen LogP contribution in [0.4, 0.5) is 11.5 Å². The maximum Gasteiger partial charge on any atom is 0.275 e. The lowest BCUT2D eigenvalue weighted by atomic mass is 10.2. The SMILES string of the molecule is O=C(NCc1ccc(Cl)cc1)c1n[nH]nc1Nc1ccc(Cl)cc1. The molecule has 0 bridgehead atoms. The monoisotopic (exact) mass is 361 g/mol. The lowest BCUT2D eigenvalue weighted by Gasteiger charge is -2.06. The lowest BCUT2D eigenvalue weighted by Crippen LogP contribution is -2.24. The highest BCUT2D eigenvalue weighted by atomic mass is 35.5. The highest BCUT2D eigenvalue weighted by Gasteiger charge is 2.16. The Balaban J connectivity index is 1.66. The number of aromatic amines is 1. The van der Waals surface area contributed by atoms with E-state index in [0.717, 1.165) is 11.3 Å². The smallest absolute Gasteiger partial charge is 0.275 e. The van der Waals surface area contributed by atoms with Gasteiger partial charge in [-0.2, -0.15) is 5.21 Å². The van der Waals surface area contributed by atoms with Gasteiger partial charge in [-0.15, -0.1) is 10.2 Å². The van der Waals surface area contributed by atoms with E-state index in [4.69, 9.17) is 23.2 Å². The topological polar surface area (TPSA) is 82.7 Å². The molecule has 1 aromatic heterocycles. The standard InChI is InChI=1S/C16H13Cl2N5O/c17-11-3-1-10(2-4-11)9-19-16(24)14-15(22-23-21-14)20-13-7-5-12(18)6-8-13/h1-8H,9H2,(H,19,24)(H2,20,21,22,23). The molecule has 3 aromatic rings. The van der Waals surface area contributed by atoms with Crippen LogP contribution < -0.4 is 10.6 Å². The first-order valence-corrected chi connectivity index (χ1v) is 7.83. The van der Waals surface area contributed by atoms with Crippen LogP contribution in [-0.2, 0) is 6.54 Å². The van der Waals surface area contributed by atoms with Crippen molar-refractivity contribution in [2.24, 2.45) is 0 Å². The van der Waals surface area contributed by atoms with Crippen molar-refractivity contribution in [1.29, 1.82) is 0 Å². The number of hydrogen-bond donors (Lipinski definition) is 3. The Kier molecular flexibility index (Phi) is 4.98. The second-order valence-corrected chi connectivity index (χ2v) is 5.83. The van der Waals surface area contributed by atoms with Crippen molar-refractivity contribution < 1.29 is 4.79 Å². The second-order valence-electron chi connectivity index (χ2n) is 4.96. The molecule has 3 rings (SSSR count). The summed E-state index contributed by atoms with van der Waals surface area (Å²) in [6, 6.07) is 14.3. The summed E-state index contributed by atoms with van der Waals surface area (Å²) < 4.78 is 0. The van der Waals surface area contributed by atoms with Gasteiger partial charge in [0.2, 0.25) is 0 Å². The lowest BCUT2D eigenvalue weighted by molar-refractivity contribution is 0.0946. The summed E-state index contributed by atoms with van der Waals surface area (Å²) in [6.07, 6.45) is 0. The Morgan fingerprint density at radius 1 is 0.958 bits per heavy atom. The quantitative estimate of drug-likeness (QED) is 0.645. The summed E-state index contributed by atoms with van der Waals surface area (Å²) in [5.74, 6) is 0.00101. The van der Waals surface area contributed by atoms with E-state index in [0.29, 0.717) is 22.4 Å². The first-order chi connectivity index (χ1) is 11.6. The summed E-state index contributed by atoms with van der Waals surface area (Å²) in [5, 5.41) is 17.4. The van der Waals surface area contributed by atoms with Gasteiger partial charge in [-0.3, -0.25) is 4.79 Å². The van der Waals surface area contributed by atoms with Crippen LogP contribution in [-0.4, -0.2) is 21.3 Å². The molecule has 0 spiro atoms.